The lowest BCUT2D eigenvalue weighted by molar-refractivity contribution is -0.126. The summed E-state index contributed by atoms with van der Waals surface area (Å²) in [5.74, 6) is 1.09. The molecule has 3 N–H and O–H groups in total. The van der Waals surface area contributed by atoms with Gasteiger partial charge in [0.1, 0.15) is 0 Å². The fourth-order valence-corrected chi connectivity index (χ4v) is 3.45. The molecule has 144 valence electrons. The van der Waals surface area contributed by atoms with Crippen molar-refractivity contribution >= 4 is 11.9 Å². The molecule has 6 heteroatoms. The van der Waals surface area contributed by atoms with E-state index in [0.29, 0.717) is 6.04 Å². The molecule has 0 radical (unpaired) electrons. The van der Waals surface area contributed by atoms with Crippen LogP contribution in [0.5, 0.6) is 0 Å². The molecule has 1 aliphatic rings. The lowest BCUT2D eigenvalue weighted by Gasteiger charge is -2.30. The minimum absolute atomic E-state index is 0.0984. The zero-order chi connectivity index (χ0) is 18.9. The van der Waals surface area contributed by atoms with Crippen LogP contribution in [0.25, 0.3) is 0 Å². The number of aliphatic imine (C=N–C) groups is 1. The van der Waals surface area contributed by atoms with Gasteiger partial charge >= 0.3 is 0 Å². The number of guanidine groups is 1. The number of nitrogens with zero attached hydrogens (tertiary/aromatic N) is 2. The number of rotatable bonds is 6. The Balaban J connectivity index is 1.80. The van der Waals surface area contributed by atoms with Crippen LogP contribution in [0, 0.1) is 12.8 Å². The molecule has 2 atom stereocenters. The third kappa shape index (κ3) is 6.32. The molecule has 0 saturated heterocycles. The predicted molar refractivity (Wildman–Crippen MR) is 106 cm³/mol. The lowest BCUT2D eigenvalue weighted by atomic mass is 9.85. The zero-order valence-electron chi connectivity index (χ0n) is 16.5. The predicted octanol–water partition coefficient (Wildman–Crippen LogP) is 2.18. The van der Waals surface area contributed by atoms with E-state index in [-0.39, 0.29) is 17.9 Å². The topological polar surface area (TPSA) is 78.4 Å². The number of aromatic nitrogens is 1. The number of pyridine rings is 1. The van der Waals surface area contributed by atoms with Gasteiger partial charge in [-0.15, -0.1) is 0 Å². The average Bonchev–Trinajstić information content (AvgIpc) is 2.62. The molecule has 1 heterocycles. The summed E-state index contributed by atoms with van der Waals surface area (Å²) in [6, 6.07) is 2.55. The number of hydrogen-bond acceptors (Lipinski definition) is 3. The summed E-state index contributed by atoms with van der Waals surface area (Å²) in [4.78, 5) is 20.7. The van der Waals surface area contributed by atoms with E-state index in [9.17, 15) is 4.79 Å². The highest BCUT2D eigenvalue weighted by atomic mass is 16.1. The number of carbonyl (C=O) groups excluding carboxylic acids is 1. The maximum Gasteiger partial charge on any atom is 0.223 e. The van der Waals surface area contributed by atoms with Gasteiger partial charge in [0.2, 0.25) is 5.91 Å². The molecule has 2 unspecified atom stereocenters. The maximum absolute atomic E-state index is 12.3. The van der Waals surface area contributed by atoms with Crippen LogP contribution in [0.4, 0.5) is 0 Å². The van der Waals surface area contributed by atoms with E-state index in [1.807, 2.05) is 26.2 Å². The van der Waals surface area contributed by atoms with Gasteiger partial charge in [0, 0.05) is 44.0 Å². The van der Waals surface area contributed by atoms with Gasteiger partial charge in [0.05, 0.1) is 0 Å². The maximum atomic E-state index is 12.3. The summed E-state index contributed by atoms with van der Waals surface area (Å²) in [7, 11) is 1.79. The van der Waals surface area contributed by atoms with Crippen molar-refractivity contribution in [2.45, 2.75) is 65.0 Å². The van der Waals surface area contributed by atoms with Crippen LogP contribution in [-0.2, 0) is 11.2 Å². The van der Waals surface area contributed by atoms with E-state index in [1.54, 1.807) is 7.05 Å². The highest BCUT2D eigenvalue weighted by Crippen LogP contribution is 2.24. The summed E-state index contributed by atoms with van der Waals surface area (Å²) in [6.45, 7) is 6.91. The van der Waals surface area contributed by atoms with Crippen LogP contribution < -0.4 is 16.0 Å². The minimum atomic E-state index is 0.0984. The first-order valence-corrected chi connectivity index (χ1v) is 9.66. The Morgan fingerprint density at radius 2 is 2.19 bits per heavy atom. The number of carbonyl (C=O) groups is 1. The average molecular weight is 360 g/mol. The third-order valence-corrected chi connectivity index (χ3v) is 4.86. The second-order valence-corrected chi connectivity index (χ2v) is 7.42. The molecule has 0 aromatic carbocycles. The second kappa shape index (κ2) is 10.1. The number of hydrogen-bond donors (Lipinski definition) is 3. The summed E-state index contributed by atoms with van der Waals surface area (Å²) in [6.07, 6.45) is 8.65. The SMILES string of the molecule is CN=C(NCCc1ccncc1C)NC1CCCC(C(=O)NC(C)C)C1. The second-order valence-electron chi connectivity index (χ2n) is 7.42. The van der Waals surface area contributed by atoms with Crippen LogP contribution in [-0.4, -0.2) is 42.5 Å². The molecule has 1 aromatic rings. The van der Waals surface area contributed by atoms with Crippen LogP contribution >= 0.6 is 0 Å². The van der Waals surface area contributed by atoms with E-state index >= 15 is 0 Å². The lowest BCUT2D eigenvalue weighted by Crippen LogP contribution is -2.47. The molecule has 2 rings (SSSR count). The Morgan fingerprint density at radius 3 is 2.88 bits per heavy atom. The van der Waals surface area contributed by atoms with E-state index in [2.05, 4.69) is 38.9 Å². The molecule has 26 heavy (non-hydrogen) atoms. The molecule has 1 amide bonds. The van der Waals surface area contributed by atoms with Crippen LogP contribution in [0.1, 0.15) is 50.7 Å². The first kappa shape index (κ1) is 20.2. The Morgan fingerprint density at radius 1 is 1.38 bits per heavy atom. The van der Waals surface area contributed by atoms with Crippen LogP contribution in [0.2, 0.25) is 0 Å². The van der Waals surface area contributed by atoms with Crippen molar-refractivity contribution in [3.8, 4) is 0 Å². The van der Waals surface area contributed by atoms with Gasteiger partial charge in [-0.3, -0.25) is 14.8 Å². The molecular weight excluding hydrogens is 326 g/mol. The fraction of sp³-hybridized carbons (Fsp3) is 0.650. The molecule has 0 spiro atoms. The Hall–Kier alpha value is -2.11. The van der Waals surface area contributed by atoms with Gasteiger partial charge in [-0.1, -0.05) is 6.42 Å². The van der Waals surface area contributed by atoms with Crippen molar-refractivity contribution in [2.24, 2.45) is 10.9 Å². The van der Waals surface area contributed by atoms with Gasteiger partial charge in [0.15, 0.2) is 5.96 Å². The van der Waals surface area contributed by atoms with E-state index < -0.39 is 0 Å². The monoisotopic (exact) mass is 359 g/mol. The molecule has 1 aromatic heterocycles. The third-order valence-electron chi connectivity index (χ3n) is 4.86. The van der Waals surface area contributed by atoms with Gasteiger partial charge < -0.3 is 16.0 Å². The minimum Gasteiger partial charge on any atom is -0.356 e. The fourth-order valence-electron chi connectivity index (χ4n) is 3.45. The van der Waals surface area contributed by atoms with Crippen molar-refractivity contribution in [1.82, 2.24) is 20.9 Å². The van der Waals surface area contributed by atoms with Crippen LogP contribution in [0.3, 0.4) is 0 Å². The largest absolute Gasteiger partial charge is 0.356 e. The summed E-state index contributed by atoms with van der Waals surface area (Å²) < 4.78 is 0. The van der Waals surface area contributed by atoms with Gasteiger partial charge in [0.25, 0.3) is 0 Å². The standard InChI is InChI=1S/C20H33N5O/c1-14(2)24-19(26)17-6-5-7-18(12-17)25-20(21-4)23-11-9-16-8-10-22-13-15(16)3/h8,10,13-14,17-18H,5-7,9,11-12H2,1-4H3,(H,24,26)(H2,21,23,25). The van der Waals surface area contributed by atoms with Crippen molar-refractivity contribution in [1.29, 1.82) is 0 Å². The first-order chi connectivity index (χ1) is 12.5. The summed E-state index contributed by atoms with van der Waals surface area (Å²) >= 11 is 0. The van der Waals surface area contributed by atoms with Gasteiger partial charge in [-0.2, -0.15) is 0 Å². The van der Waals surface area contributed by atoms with E-state index in [1.165, 1.54) is 11.1 Å². The van der Waals surface area contributed by atoms with E-state index in [0.717, 1.165) is 44.6 Å². The highest BCUT2D eigenvalue weighted by Gasteiger charge is 2.27. The Kier molecular flexibility index (Phi) is 7.88. The van der Waals surface area contributed by atoms with Crippen molar-refractivity contribution in [2.75, 3.05) is 13.6 Å². The molecule has 1 saturated carbocycles. The van der Waals surface area contributed by atoms with Crippen molar-refractivity contribution < 1.29 is 4.79 Å². The molecule has 0 aliphatic heterocycles. The van der Waals surface area contributed by atoms with E-state index in [4.69, 9.17) is 0 Å². The Labute approximate surface area is 157 Å². The number of aryl methyl sites for hydroxylation is 1. The molecule has 1 fully saturated rings. The highest BCUT2D eigenvalue weighted by molar-refractivity contribution is 5.81. The molecular formula is C20H33N5O. The van der Waals surface area contributed by atoms with Crippen LogP contribution in [0.15, 0.2) is 23.5 Å². The Bertz CT molecular complexity index is 614. The first-order valence-electron chi connectivity index (χ1n) is 9.66. The molecule has 6 nitrogen and oxygen atoms in total. The smallest absolute Gasteiger partial charge is 0.223 e. The quantitative estimate of drug-likeness (QED) is 0.537. The van der Waals surface area contributed by atoms with Crippen molar-refractivity contribution in [3.63, 3.8) is 0 Å². The molecule has 0 bridgehead atoms. The summed E-state index contributed by atoms with van der Waals surface area (Å²) in [5, 5.41) is 9.92. The van der Waals surface area contributed by atoms with Gasteiger partial charge in [-0.05, 0) is 63.6 Å². The number of amides is 1. The normalized spacial score (nSPS) is 20.7. The number of nitrogens with one attached hydrogen (secondary N) is 3. The zero-order valence-corrected chi connectivity index (χ0v) is 16.5. The van der Waals surface area contributed by atoms with Gasteiger partial charge in [-0.25, -0.2) is 0 Å². The molecule has 1 aliphatic carbocycles. The summed E-state index contributed by atoms with van der Waals surface area (Å²) in [5.41, 5.74) is 2.51. The van der Waals surface area contributed by atoms with Crippen molar-refractivity contribution in [3.05, 3.63) is 29.6 Å².